The third-order valence-corrected chi connectivity index (χ3v) is 2.44. The molecule has 0 spiro atoms. The third-order valence-electron chi connectivity index (χ3n) is 2.44. The number of rotatable bonds is 0. The van der Waals surface area contributed by atoms with Crippen LogP contribution in [0.25, 0.3) is 0 Å². The molecule has 0 fully saturated rings. The number of amidine groups is 1. The van der Waals surface area contributed by atoms with Gasteiger partial charge >= 0.3 is 6.09 Å². The maximum absolute atomic E-state index is 12.0. The average Bonchev–Trinajstić information content (AvgIpc) is 2.50. The Balaban J connectivity index is 2.28. The van der Waals surface area contributed by atoms with Gasteiger partial charge in [0.1, 0.15) is 11.4 Å². The van der Waals surface area contributed by atoms with E-state index in [9.17, 15) is 4.79 Å². The van der Waals surface area contributed by atoms with E-state index in [0.717, 1.165) is 11.3 Å². The van der Waals surface area contributed by atoms with Crippen molar-refractivity contribution in [1.82, 2.24) is 0 Å². The van der Waals surface area contributed by atoms with Crippen molar-refractivity contribution < 1.29 is 9.53 Å². The van der Waals surface area contributed by atoms with E-state index in [4.69, 9.17) is 10.1 Å². The van der Waals surface area contributed by atoms with Crippen molar-refractivity contribution in [2.45, 2.75) is 32.8 Å². The van der Waals surface area contributed by atoms with Gasteiger partial charge in [-0.25, -0.2) is 9.69 Å². The Morgan fingerprint density at radius 3 is 2.65 bits per heavy atom. The fourth-order valence-corrected chi connectivity index (χ4v) is 1.80. The lowest BCUT2D eigenvalue weighted by Crippen LogP contribution is -2.38. The van der Waals surface area contributed by atoms with Crippen molar-refractivity contribution in [1.29, 1.82) is 5.41 Å². The number of hydrogen-bond acceptors (Lipinski definition) is 3. The number of ether oxygens (including phenoxy) is 1. The van der Waals surface area contributed by atoms with E-state index in [2.05, 4.69) is 0 Å². The van der Waals surface area contributed by atoms with Gasteiger partial charge in [-0.1, -0.05) is 18.2 Å². The van der Waals surface area contributed by atoms with Gasteiger partial charge in [-0.2, -0.15) is 0 Å². The summed E-state index contributed by atoms with van der Waals surface area (Å²) in [5.74, 6) is 0.264. The van der Waals surface area contributed by atoms with Crippen LogP contribution in [0.1, 0.15) is 26.3 Å². The number of nitrogens with one attached hydrogen (secondary N) is 1. The smallest absolute Gasteiger partial charge is 0.420 e. The van der Waals surface area contributed by atoms with E-state index in [1.807, 2.05) is 45.0 Å². The summed E-state index contributed by atoms with van der Waals surface area (Å²) < 4.78 is 5.30. The molecule has 90 valence electrons. The van der Waals surface area contributed by atoms with Gasteiger partial charge in [0.05, 0.1) is 5.69 Å². The number of amides is 1. The van der Waals surface area contributed by atoms with Crippen molar-refractivity contribution in [2.75, 3.05) is 4.90 Å². The number of para-hydroxylation sites is 1. The fraction of sp³-hybridized carbons (Fsp3) is 0.385. The van der Waals surface area contributed by atoms with Crippen LogP contribution in [0.15, 0.2) is 24.3 Å². The van der Waals surface area contributed by atoms with Crippen LogP contribution in [0.4, 0.5) is 10.5 Å². The minimum Gasteiger partial charge on any atom is -0.443 e. The molecular weight excluding hydrogens is 216 g/mol. The number of fused-ring (bicyclic) bond motifs is 1. The molecule has 1 N–H and O–H groups in total. The Kier molecular flexibility index (Phi) is 2.65. The van der Waals surface area contributed by atoms with Crippen molar-refractivity contribution in [3.05, 3.63) is 29.8 Å². The van der Waals surface area contributed by atoms with Gasteiger partial charge in [-0.05, 0) is 32.4 Å². The van der Waals surface area contributed by atoms with Crippen molar-refractivity contribution in [2.24, 2.45) is 0 Å². The molecule has 1 heterocycles. The standard InChI is InChI=1S/C13H16N2O2/c1-13(2,3)17-12(16)15-10-7-5-4-6-9(10)8-11(15)14/h4-7,14H,8H2,1-3H3. The van der Waals surface area contributed by atoms with Gasteiger partial charge in [0.15, 0.2) is 0 Å². The zero-order valence-electron chi connectivity index (χ0n) is 10.3. The normalized spacial score (nSPS) is 14.8. The van der Waals surface area contributed by atoms with Crippen molar-refractivity contribution in [3.63, 3.8) is 0 Å². The first-order valence-corrected chi connectivity index (χ1v) is 5.57. The van der Waals surface area contributed by atoms with Crippen LogP contribution < -0.4 is 4.90 Å². The lowest BCUT2D eigenvalue weighted by molar-refractivity contribution is 0.0604. The molecule has 0 radical (unpaired) electrons. The van der Waals surface area contributed by atoms with E-state index in [0.29, 0.717) is 6.42 Å². The number of nitrogens with zero attached hydrogens (tertiary/aromatic N) is 1. The average molecular weight is 232 g/mol. The second-order valence-electron chi connectivity index (χ2n) is 5.07. The minimum absolute atomic E-state index is 0.264. The van der Waals surface area contributed by atoms with Crippen LogP contribution in [-0.4, -0.2) is 17.5 Å². The summed E-state index contributed by atoms with van der Waals surface area (Å²) in [6, 6.07) is 7.52. The van der Waals surface area contributed by atoms with Crippen molar-refractivity contribution in [3.8, 4) is 0 Å². The summed E-state index contributed by atoms with van der Waals surface area (Å²) in [6.07, 6.45) is 0.00235. The Morgan fingerprint density at radius 1 is 1.35 bits per heavy atom. The van der Waals surface area contributed by atoms with E-state index in [1.165, 1.54) is 4.90 Å². The summed E-state index contributed by atoms with van der Waals surface area (Å²) in [5, 5.41) is 7.86. The molecule has 0 saturated heterocycles. The molecule has 1 aliphatic heterocycles. The highest BCUT2D eigenvalue weighted by Gasteiger charge is 2.32. The predicted octanol–water partition coefficient (Wildman–Crippen LogP) is 2.96. The zero-order chi connectivity index (χ0) is 12.6. The first-order valence-electron chi connectivity index (χ1n) is 5.57. The molecule has 0 aliphatic carbocycles. The number of benzene rings is 1. The fourth-order valence-electron chi connectivity index (χ4n) is 1.80. The van der Waals surface area contributed by atoms with Gasteiger partial charge in [0.2, 0.25) is 0 Å². The van der Waals surface area contributed by atoms with Crippen LogP contribution >= 0.6 is 0 Å². The number of carbonyl (C=O) groups is 1. The van der Waals surface area contributed by atoms with Gasteiger partial charge in [-0.3, -0.25) is 5.41 Å². The Labute approximate surface area is 101 Å². The van der Waals surface area contributed by atoms with Crippen LogP contribution in [0.5, 0.6) is 0 Å². The first kappa shape index (κ1) is 11.6. The molecule has 4 heteroatoms. The zero-order valence-corrected chi connectivity index (χ0v) is 10.3. The number of anilines is 1. The summed E-state index contributed by atoms with van der Waals surface area (Å²) in [6.45, 7) is 5.45. The monoisotopic (exact) mass is 232 g/mol. The maximum Gasteiger partial charge on any atom is 0.420 e. The number of hydrogen-bond donors (Lipinski definition) is 1. The van der Waals surface area contributed by atoms with Crippen LogP contribution in [-0.2, 0) is 11.2 Å². The highest BCUT2D eigenvalue weighted by atomic mass is 16.6. The quantitative estimate of drug-likeness (QED) is 0.747. The van der Waals surface area contributed by atoms with Gasteiger partial charge in [0, 0.05) is 6.42 Å². The predicted molar refractivity (Wildman–Crippen MR) is 66.6 cm³/mol. The number of carbonyl (C=O) groups excluding carboxylic acids is 1. The second-order valence-corrected chi connectivity index (χ2v) is 5.07. The molecule has 0 atom stereocenters. The highest BCUT2D eigenvalue weighted by Crippen LogP contribution is 2.29. The molecule has 1 amide bonds. The topological polar surface area (TPSA) is 53.4 Å². The molecule has 4 nitrogen and oxygen atoms in total. The molecule has 0 saturated carbocycles. The molecule has 0 bridgehead atoms. The van der Waals surface area contributed by atoms with Crippen LogP contribution in [0, 0.1) is 5.41 Å². The lowest BCUT2D eigenvalue weighted by atomic mass is 10.2. The van der Waals surface area contributed by atoms with E-state index >= 15 is 0 Å². The summed E-state index contributed by atoms with van der Waals surface area (Å²) in [7, 11) is 0. The molecule has 0 unspecified atom stereocenters. The molecule has 17 heavy (non-hydrogen) atoms. The summed E-state index contributed by atoms with van der Waals surface area (Å²) in [5.41, 5.74) is 1.20. The molecule has 0 aromatic heterocycles. The SMILES string of the molecule is CC(C)(C)OC(=O)N1C(=N)Cc2ccccc21. The minimum atomic E-state index is -0.547. The summed E-state index contributed by atoms with van der Waals surface area (Å²) >= 11 is 0. The Bertz CT molecular complexity index is 475. The largest absolute Gasteiger partial charge is 0.443 e. The molecule has 1 aromatic carbocycles. The maximum atomic E-state index is 12.0. The first-order chi connectivity index (χ1) is 7.88. The molecule has 2 rings (SSSR count). The van der Waals surface area contributed by atoms with Crippen molar-refractivity contribution >= 4 is 17.6 Å². The van der Waals surface area contributed by atoms with Gasteiger partial charge < -0.3 is 4.74 Å². The summed E-state index contributed by atoms with van der Waals surface area (Å²) in [4.78, 5) is 13.3. The third kappa shape index (κ3) is 2.30. The van der Waals surface area contributed by atoms with Gasteiger partial charge in [-0.15, -0.1) is 0 Å². The van der Waals surface area contributed by atoms with Crippen LogP contribution in [0.2, 0.25) is 0 Å². The molecule has 1 aromatic rings. The van der Waals surface area contributed by atoms with E-state index in [1.54, 1.807) is 0 Å². The van der Waals surface area contributed by atoms with E-state index in [-0.39, 0.29) is 5.84 Å². The van der Waals surface area contributed by atoms with Gasteiger partial charge in [0.25, 0.3) is 0 Å². The molecule has 1 aliphatic rings. The Hall–Kier alpha value is -1.84. The highest BCUT2D eigenvalue weighted by molar-refractivity contribution is 6.18. The van der Waals surface area contributed by atoms with Crippen LogP contribution in [0.3, 0.4) is 0 Å². The lowest BCUT2D eigenvalue weighted by Gasteiger charge is -2.24. The molecular formula is C13H16N2O2. The second kappa shape index (κ2) is 3.87. The van der Waals surface area contributed by atoms with E-state index < -0.39 is 11.7 Å². The Morgan fingerprint density at radius 2 is 2.00 bits per heavy atom.